The van der Waals surface area contributed by atoms with E-state index in [1.54, 1.807) is 55.0 Å². The normalized spacial score (nSPS) is 28.2. The number of amides is 1. The zero-order chi connectivity index (χ0) is 42.3. The Morgan fingerprint density at radius 2 is 2.03 bits per heavy atom. The molecule has 5 heterocycles. The maximum Gasteiger partial charge on any atom is 0.475 e. The Balaban J connectivity index is 1.06. The lowest BCUT2D eigenvalue weighted by Crippen LogP contribution is -2.36. The lowest BCUT2D eigenvalue weighted by Gasteiger charge is -2.29. The van der Waals surface area contributed by atoms with Crippen molar-refractivity contribution < 1.29 is 42.6 Å². The van der Waals surface area contributed by atoms with E-state index in [0.717, 1.165) is 11.3 Å². The number of methoxy groups -OCH3 is 1. The van der Waals surface area contributed by atoms with E-state index < -0.39 is 55.9 Å². The number of phosphoric ester groups is 1. The van der Waals surface area contributed by atoms with Crippen LogP contribution in [-0.4, -0.2) is 122 Å². The van der Waals surface area contributed by atoms with Gasteiger partial charge in [-0.1, -0.05) is 25.1 Å². The van der Waals surface area contributed by atoms with Crippen LogP contribution in [0.2, 0.25) is 0 Å². The SMILES string of the molecule is CO[C@H]1[C@@H](OP(=O)(OCCC#N)OC[C@]23C[C@@H]2[C@@H](n2cnc4c(NC(=O)c5ccccc5)ncnc42)[C@H](C)[C@@H]3O)[C@H](c2scc3c(=O)[nH]c(N=CN(C)C)nc23)O[C@@H]1CO. The standard InChI is InChI=1S/C38H43N10O10PS/c1-20-27(48-19-42-26-33(40-17-41-34(26)48)45-35(51)21-9-6-5-7-10-21)23-13-38(23,32(20)50)16-56-59(53,55-12-8-11-39)58-29-28(54-4)24(14-49)57-30(29)31-25-22(15-60-31)36(52)46-37(44-25)43-18-47(2)3/h5-7,9-10,15,17-20,23-24,27-30,32,49-50H,8,12-14,16H2,1-4H3,(H,44,46,52)(H,40,41,45,51)/t20-,23+,24+,27-,28+,29+,30+,32-,38+,59?/m0/s1. The van der Waals surface area contributed by atoms with E-state index in [2.05, 4.69) is 35.2 Å². The molecular formula is C38H43N10O10PS. The number of hydrogen-bond acceptors (Lipinski definition) is 17. The first-order valence-corrected chi connectivity index (χ1v) is 21.4. The van der Waals surface area contributed by atoms with Crippen molar-refractivity contribution in [3.63, 3.8) is 0 Å². The van der Waals surface area contributed by atoms with Gasteiger partial charge in [0.25, 0.3) is 11.5 Å². The van der Waals surface area contributed by atoms with Gasteiger partial charge in [-0.3, -0.25) is 28.1 Å². The molecule has 60 heavy (non-hydrogen) atoms. The number of nitrogens with one attached hydrogen (secondary N) is 2. The van der Waals surface area contributed by atoms with E-state index in [9.17, 15) is 29.6 Å². The van der Waals surface area contributed by atoms with Gasteiger partial charge >= 0.3 is 7.82 Å². The number of phosphoric acid groups is 1. The van der Waals surface area contributed by atoms with Gasteiger partial charge in [-0.15, -0.1) is 11.3 Å². The van der Waals surface area contributed by atoms with E-state index in [0.29, 0.717) is 28.0 Å². The van der Waals surface area contributed by atoms with E-state index in [4.69, 9.17) is 23.0 Å². The van der Waals surface area contributed by atoms with Crippen molar-refractivity contribution in [2.45, 2.75) is 56.3 Å². The number of H-pyrrole nitrogens is 1. The third-order valence-corrected chi connectivity index (χ3v) is 13.8. The second-order valence-electron chi connectivity index (χ2n) is 15.2. The number of nitriles is 1. The van der Waals surface area contributed by atoms with Gasteiger partial charge in [0.2, 0.25) is 5.95 Å². The Hall–Kier alpha value is -5.01. The summed E-state index contributed by atoms with van der Waals surface area (Å²) in [5.41, 5.74) is 0.243. The molecular weight excluding hydrogens is 820 g/mol. The van der Waals surface area contributed by atoms with Crippen molar-refractivity contribution in [3.05, 3.63) is 69.2 Å². The summed E-state index contributed by atoms with van der Waals surface area (Å²) in [4.78, 5) is 52.9. The average molecular weight is 863 g/mol. The molecule has 1 saturated heterocycles. The number of aliphatic hydroxyl groups is 2. The molecule has 1 aromatic carbocycles. The number of hydrogen-bond donors (Lipinski definition) is 4. The summed E-state index contributed by atoms with van der Waals surface area (Å²) in [5.74, 6) is -0.595. The predicted molar refractivity (Wildman–Crippen MR) is 217 cm³/mol. The minimum absolute atomic E-state index is 0.0412. The van der Waals surface area contributed by atoms with Gasteiger partial charge < -0.3 is 34.5 Å². The fourth-order valence-corrected chi connectivity index (χ4v) is 10.9. The highest BCUT2D eigenvalue weighted by atomic mass is 32.1. The largest absolute Gasteiger partial charge is 0.475 e. The summed E-state index contributed by atoms with van der Waals surface area (Å²) in [6.07, 6.45) is -0.371. The predicted octanol–water partition coefficient (Wildman–Crippen LogP) is 3.74. The molecule has 0 spiro atoms. The Morgan fingerprint density at radius 3 is 2.77 bits per heavy atom. The third kappa shape index (κ3) is 7.63. The Labute approximate surface area is 346 Å². The van der Waals surface area contributed by atoms with E-state index in [1.807, 2.05) is 23.6 Å². The molecule has 1 aliphatic heterocycles. The van der Waals surface area contributed by atoms with Crippen molar-refractivity contribution in [2.24, 2.45) is 22.2 Å². The number of aromatic nitrogens is 6. The van der Waals surface area contributed by atoms with Crippen molar-refractivity contribution >= 4 is 65.2 Å². The van der Waals surface area contributed by atoms with E-state index >= 15 is 0 Å². The lowest BCUT2D eigenvalue weighted by atomic mass is 9.94. The minimum atomic E-state index is -4.60. The van der Waals surface area contributed by atoms with Gasteiger partial charge in [0.1, 0.15) is 30.7 Å². The summed E-state index contributed by atoms with van der Waals surface area (Å²) in [7, 11) is 0.315. The Kier molecular flexibility index (Phi) is 11.7. The summed E-state index contributed by atoms with van der Waals surface area (Å²) in [5, 5.41) is 36.1. The van der Waals surface area contributed by atoms with Crippen molar-refractivity contribution in [1.29, 1.82) is 5.26 Å². The quantitative estimate of drug-likeness (QED) is 0.0477. The molecule has 22 heteroatoms. The van der Waals surface area contributed by atoms with Crippen LogP contribution in [0, 0.1) is 28.6 Å². The highest BCUT2D eigenvalue weighted by Crippen LogP contribution is 2.71. The summed E-state index contributed by atoms with van der Waals surface area (Å²) < 4.78 is 46.8. The molecule has 0 bridgehead atoms. The third-order valence-electron chi connectivity index (χ3n) is 11.3. The topological polar surface area (TPSA) is 262 Å². The van der Waals surface area contributed by atoms with Crippen LogP contribution in [0.25, 0.3) is 22.1 Å². The van der Waals surface area contributed by atoms with Crippen LogP contribution in [0.5, 0.6) is 0 Å². The second-order valence-corrected chi connectivity index (χ2v) is 17.7. The number of imidazole rings is 1. The zero-order valence-corrected chi connectivity index (χ0v) is 34.7. The van der Waals surface area contributed by atoms with Crippen molar-refractivity contribution in [2.75, 3.05) is 46.3 Å². The fourth-order valence-electron chi connectivity index (χ4n) is 8.37. The number of aromatic amines is 1. The molecule has 3 fully saturated rings. The zero-order valence-electron chi connectivity index (χ0n) is 32.9. The molecule has 316 valence electrons. The van der Waals surface area contributed by atoms with Gasteiger partial charge in [-0.05, 0) is 24.5 Å². The highest BCUT2D eigenvalue weighted by molar-refractivity contribution is 7.48. The maximum absolute atomic E-state index is 14.8. The van der Waals surface area contributed by atoms with Gasteiger partial charge in [0, 0.05) is 49.5 Å². The number of rotatable bonds is 16. The van der Waals surface area contributed by atoms with Gasteiger partial charge in [-0.2, -0.15) is 5.26 Å². The van der Waals surface area contributed by atoms with Crippen LogP contribution in [0.1, 0.15) is 47.1 Å². The van der Waals surface area contributed by atoms with Gasteiger partial charge in [-0.25, -0.2) is 29.5 Å². The molecule has 1 amide bonds. The molecule has 5 aromatic rings. The van der Waals surface area contributed by atoms with E-state index in [1.165, 1.54) is 19.8 Å². The Morgan fingerprint density at radius 1 is 1.23 bits per heavy atom. The van der Waals surface area contributed by atoms with Crippen LogP contribution >= 0.6 is 19.2 Å². The molecule has 4 N–H and O–H groups in total. The molecule has 10 atom stereocenters. The first-order chi connectivity index (χ1) is 28.9. The smallest absolute Gasteiger partial charge is 0.394 e. The van der Waals surface area contributed by atoms with Gasteiger partial charge in [0.15, 0.2) is 17.0 Å². The molecule has 2 saturated carbocycles. The number of carbonyl (C=O) groups is 1. The lowest BCUT2D eigenvalue weighted by molar-refractivity contribution is -0.0376. The summed E-state index contributed by atoms with van der Waals surface area (Å²) >= 11 is 1.15. The number of anilines is 1. The van der Waals surface area contributed by atoms with Crippen LogP contribution in [-0.2, 0) is 27.6 Å². The number of aliphatic imine (C=N–C) groups is 1. The highest BCUT2D eigenvalue weighted by Gasteiger charge is 2.71. The summed E-state index contributed by atoms with van der Waals surface area (Å²) in [6.45, 7) is 0.861. The van der Waals surface area contributed by atoms with Crippen molar-refractivity contribution in [1.82, 2.24) is 34.4 Å². The number of ether oxygens (including phenoxy) is 2. The second kappa shape index (κ2) is 16.8. The molecule has 0 radical (unpaired) electrons. The van der Waals surface area contributed by atoms with Gasteiger partial charge in [0.05, 0.1) is 66.9 Å². The molecule has 1 unspecified atom stereocenters. The molecule has 3 aliphatic rings. The number of aliphatic hydroxyl groups excluding tert-OH is 2. The van der Waals surface area contributed by atoms with Crippen LogP contribution in [0.15, 0.2) is 58.2 Å². The Bertz CT molecular complexity index is 2560. The minimum Gasteiger partial charge on any atom is -0.394 e. The number of carbonyl (C=O) groups excluding carboxylic acids is 1. The number of fused-ring (bicyclic) bond motifs is 3. The molecule has 8 rings (SSSR count). The van der Waals surface area contributed by atoms with E-state index in [-0.39, 0.29) is 66.1 Å². The van der Waals surface area contributed by atoms with Crippen LogP contribution in [0.3, 0.4) is 0 Å². The fraction of sp³-hybridized carbons (Fsp3) is 0.474. The number of nitrogens with zero attached hydrogens (tertiary/aromatic N) is 8. The van der Waals surface area contributed by atoms with Crippen LogP contribution in [0.4, 0.5) is 11.8 Å². The number of benzene rings is 1. The monoisotopic (exact) mass is 862 g/mol. The average Bonchev–Trinajstić information content (AvgIpc) is 3.52. The molecule has 2 aliphatic carbocycles. The summed E-state index contributed by atoms with van der Waals surface area (Å²) in [6, 6.07) is 10.4. The van der Waals surface area contributed by atoms with Crippen molar-refractivity contribution in [3.8, 4) is 6.07 Å². The first kappa shape index (κ1) is 41.7. The molecule has 20 nitrogen and oxygen atoms in total. The number of thiophene rings is 1. The van der Waals surface area contributed by atoms with Crippen LogP contribution < -0.4 is 10.9 Å². The first-order valence-electron chi connectivity index (χ1n) is 19.1. The molecule has 4 aromatic heterocycles. The maximum atomic E-state index is 14.8.